The van der Waals surface area contributed by atoms with Crippen LogP contribution in [0.15, 0.2) is 279 Å². The number of hydrogen-bond acceptors (Lipinski definition) is 0. The zero-order valence-corrected chi connectivity index (χ0v) is 39.1. The van der Waals surface area contributed by atoms with Crippen molar-refractivity contribution in [1.29, 1.82) is 0 Å². The first kappa shape index (κ1) is 46.3. The van der Waals surface area contributed by atoms with Crippen molar-refractivity contribution in [3.05, 3.63) is 303 Å². The van der Waals surface area contributed by atoms with Crippen molar-refractivity contribution in [3.8, 4) is 22.3 Å². The van der Waals surface area contributed by atoms with Crippen LogP contribution in [0.3, 0.4) is 0 Å². The summed E-state index contributed by atoms with van der Waals surface area (Å²) in [6.45, 7) is 0. The molecule has 0 saturated heterocycles. The third-order valence-corrected chi connectivity index (χ3v) is 15.3. The van der Waals surface area contributed by atoms with Crippen molar-refractivity contribution in [1.82, 2.24) is 0 Å². The molecule has 3 heteroatoms. The van der Waals surface area contributed by atoms with Crippen LogP contribution >= 0.6 is 15.8 Å². The first-order valence-corrected chi connectivity index (χ1v) is 23.8. The molecule has 0 aliphatic heterocycles. The zero-order valence-electron chi connectivity index (χ0n) is 34.9. The minimum absolute atomic E-state index is 0. The monoisotopic (exact) mass is 1030 g/mol. The maximum Gasteiger partial charge on any atom is 4.00 e. The maximum atomic E-state index is 3.15. The molecule has 0 spiro atoms. The van der Waals surface area contributed by atoms with Gasteiger partial charge in [-0.3, -0.25) is 0 Å². The molecule has 0 fully saturated rings. The Kier molecular flexibility index (Phi) is 19.3. The summed E-state index contributed by atoms with van der Waals surface area (Å²) in [5, 5.41) is 8.61. The van der Waals surface area contributed by atoms with Gasteiger partial charge in [-0.25, -0.2) is 22.3 Å². The van der Waals surface area contributed by atoms with E-state index in [1.807, 2.05) is 97.1 Å². The standard InChI is InChI=1S/2C18H15P.2C12H8.Pt/c2*1-4-10-16(11-5-1)19(17-12-6-2-7-13-17)18-14-8-3-9-15-18;2*1-3-7-11(8-4-1)12-9-5-2-6-10-12;/h2*1-15H;2*1-7,9H;/q;;2*-2;+4/p+2. The summed E-state index contributed by atoms with van der Waals surface area (Å²) in [6, 6.07) is 109. The van der Waals surface area contributed by atoms with Gasteiger partial charge < -0.3 is 0 Å². The first-order valence-electron chi connectivity index (χ1n) is 20.8. The number of hydrogen-bond donors (Lipinski definition) is 0. The summed E-state index contributed by atoms with van der Waals surface area (Å²) < 4.78 is 0. The van der Waals surface area contributed by atoms with Gasteiger partial charge in [0.25, 0.3) is 0 Å². The molecule has 63 heavy (non-hydrogen) atoms. The van der Waals surface area contributed by atoms with Gasteiger partial charge in [-0.1, -0.05) is 109 Å². The van der Waals surface area contributed by atoms with Crippen molar-refractivity contribution >= 4 is 47.7 Å². The molecule has 0 saturated carbocycles. The van der Waals surface area contributed by atoms with Gasteiger partial charge in [0.2, 0.25) is 0 Å². The Morgan fingerprint density at radius 3 is 0.492 bits per heavy atom. The Hall–Kier alpha value is -6.25. The number of rotatable bonds is 8. The van der Waals surface area contributed by atoms with Gasteiger partial charge in [0.05, 0.1) is 15.8 Å². The molecule has 10 aromatic carbocycles. The average Bonchev–Trinajstić information content (AvgIpc) is 3.38. The van der Waals surface area contributed by atoms with E-state index in [4.69, 9.17) is 0 Å². The Bertz CT molecular complexity index is 2220. The molecule has 0 unspecified atom stereocenters. The quantitative estimate of drug-likeness (QED) is 0.105. The van der Waals surface area contributed by atoms with Gasteiger partial charge in [-0.2, -0.15) is 97.1 Å². The fourth-order valence-electron chi connectivity index (χ4n) is 6.87. The molecule has 0 aliphatic rings. The van der Waals surface area contributed by atoms with E-state index >= 15 is 0 Å². The molecule has 10 aromatic rings. The summed E-state index contributed by atoms with van der Waals surface area (Å²) in [5.74, 6) is 0. The molecule has 306 valence electrons. The molecule has 0 heterocycles. The van der Waals surface area contributed by atoms with Gasteiger partial charge in [-0.15, -0.1) is 24.3 Å². The topological polar surface area (TPSA) is 0 Å². The van der Waals surface area contributed by atoms with E-state index in [1.165, 1.54) is 31.8 Å². The van der Waals surface area contributed by atoms with Crippen LogP contribution in [0.5, 0.6) is 0 Å². The van der Waals surface area contributed by atoms with E-state index in [0.717, 1.165) is 22.3 Å². The minimum Gasteiger partial charge on any atom is -0.226 e. The van der Waals surface area contributed by atoms with E-state index < -0.39 is 15.8 Å². The van der Waals surface area contributed by atoms with Gasteiger partial charge >= 0.3 is 21.1 Å². The van der Waals surface area contributed by atoms with Crippen molar-refractivity contribution in [2.45, 2.75) is 0 Å². The summed E-state index contributed by atoms with van der Waals surface area (Å²) in [6.07, 6.45) is 0. The van der Waals surface area contributed by atoms with Crippen LogP contribution in [0.25, 0.3) is 22.3 Å². The predicted molar refractivity (Wildman–Crippen MR) is 272 cm³/mol. The summed E-state index contributed by atoms with van der Waals surface area (Å²) in [4.78, 5) is 0. The summed E-state index contributed by atoms with van der Waals surface area (Å²) >= 11 is 0. The molecule has 0 N–H and O–H groups in total. The Balaban J connectivity index is 0.000000142. The van der Waals surface area contributed by atoms with Crippen LogP contribution < -0.4 is 31.8 Å². The smallest absolute Gasteiger partial charge is 0.226 e. The van der Waals surface area contributed by atoms with E-state index in [1.54, 1.807) is 0 Å². The molecule has 0 radical (unpaired) electrons. The average molecular weight is 1030 g/mol. The molecular formula is C60H48P2Pt+2. The van der Waals surface area contributed by atoms with Gasteiger partial charge in [0, 0.05) is 0 Å². The van der Waals surface area contributed by atoms with Crippen LogP contribution in [0, 0.1) is 24.3 Å². The number of benzene rings is 10. The second-order valence-electron chi connectivity index (χ2n) is 14.1. The molecular weight excluding hydrogens is 978 g/mol. The van der Waals surface area contributed by atoms with Crippen LogP contribution in [-0.4, -0.2) is 0 Å². The third-order valence-electron chi connectivity index (χ3n) is 9.79. The SMILES string of the molecule is [Pt+4].[c-]1ccccc1-c1[c-]cccc1.[c-]1ccccc1-c1[c-]cccc1.c1ccc([PH+](c2ccccc2)c2ccccc2)cc1.c1ccc([PH+](c2ccccc2)c2ccccc2)cc1. The van der Waals surface area contributed by atoms with E-state index in [0.29, 0.717) is 0 Å². The van der Waals surface area contributed by atoms with Gasteiger partial charge in [-0.05, 0) is 72.8 Å². The van der Waals surface area contributed by atoms with Crippen LogP contribution in [0.2, 0.25) is 0 Å². The van der Waals surface area contributed by atoms with Gasteiger partial charge in [0.15, 0.2) is 0 Å². The second-order valence-corrected chi connectivity index (χ2v) is 19.0. The Morgan fingerprint density at radius 1 is 0.190 bits per heavy atom. The van der Waals surface area contributed by atoms with E-state index in [2.05, 4.69) is 206 Å². The van der Waals surface area contributed by atoms with E-state index in [9.17, 15) is 0 Å². The van der Waals surface area contributed by atoms with Crippen molar-refractivity contribution < 1.29 is 21.1 Å². The summed E-state index contributed by atoms with van der Waals surface area (Å²) in [5.41, 5.74) is 4.38. The Labute approximate surface area is 391 Å². The fourth-order valence-corrected chi connectivity index (χ4v) is 12.0. The Morgan fingerprint density at radius 2 is 0.349 bits per heavy atom. The van der Waals surface area contributed by atoms with Crippen LogP contribution in [-0.2, 0) is 21.1 Å². The minimum atomic E-state index is -0.877. The van der Waals surface area contributed by atoms with Crippen molar-refractivity contribution in [3.63, 3.8) is 0 Å². The molecule has 0 nitrogen and oxygen atoms in total. The largest absolute Gasteiger partial charge is 4.00 e. The molecule has 0 atom stereocenters. The van der Waals surface area contributed by atoms with Gasteiger partial charge in [0.1, 0.15) is 31.8 Å². The van der Waals surface area contributed by atoms with E-state index in [-0.39, 0.29) is 21.1 Å². The maximum absolute atomic E-state index is 3.15. The normalized spacial score (nSPS) is 10.1. The molecule has 0 amide bonds. The molecule has 0 bridgehead atoms. The zero-order chi connectivity index (χ0) is 42.3. The molecule has 0 aromatic heterocycles. The van der Waals surface area contributed by atoms with Crippen LogP contribution in [0.1, 0.15) is 0 Å². The summed E-state index contributed by atoms with van der Waals surface area (Å²) in [7, 11) is -1.75. The predicted octanol–water partition coefficient (Wildman–Crippen LogP) is 12.3. The molecule has 10 rings (SSSR count). The fraction of sp³-hybridized carbons (Fsp3) is 0. The second kappa shape index (κ2) is 26.3. The molecule has 0 aliphatic carbocycles. The third kappa shape index (κ3) is 14.4. The van der Waals surface area contributed by atoms with Crippen LogP contribution in [0.4, 0.5) is 0 Å². The van der Waals surface area contributed by atoms with Crippen molar-refractivity contribution in [2.75, 3.05) is 0 Å². The van der Waals surface area contributed by atoms with Crippen molar-refractivity contribution in [2.24, 2.45) is 0 Å². The first-order chi connectivity index (χ1) is 30.8.